The van der Waals surface area contributed by atoms with Gasteiger partial charge in [0.2, 0.25) is 9.84 Å². The molecule has 0 radical (unpaired) electrons. The quantitative estimate of drug-likeness (QED) is 0.250. The molecule has 2 aliphatic heterocycles. The summed E-state index contributed by atoms with van der Waals surface area (Å²) in [6, 6.07) is 26.7. The number of hydrogen-bond donors (Lipinski definition) is 2. The summed E-state index contributed by atoms with van der Waals surface area (Å²) in [6.45, 7) is 6.06. The summed E-state index contributed by atoms with van der Waals surface area (Å²) in [6.07, 6.45) is 0.758. The number of piperazine rings is 1. The van der Waals surface area contributed by atoms with Crippen molar-refractivity contribution in [2.45, 2.75) is 29.3 Å². The van der Waals surface area contributed by atoms with Crippen molar-refractivity contribution in [3.05, 3.63) is 125 Å². The second-order valence-electron chi connectivity index (χ2n) is 11.5. The topological polar surface area (TPSA) is 102 Å². The van der Waals surface area contributed by atoms with Crippen LogP contribution in [0.15, 0.2) is 107 Å². The van der Waals surface area contributed by atoms with Crippen molar-refractivity contribution in [1.29, 1.82) is 0 Å². The number of hydrazine groups is 1. The summed E-state index contributed by atoms with van der Waals surface area (Å²) in [5.74, 6) is -1.47. The first-order valence-corrected chi connectivity index (χ1v) is 16.9. The third-order valence-electron chi connectivity index (χ3n) is 8.40. The van der Waals surface area contributed by atoms with Crippen LogP contribution in [0, 0.1) is 5.82 Å². The van der Waals surface area contributed by atoms with Crippen molar-refractivity contribution in [3.63, 3.8) is 0 Å². The van der Waals surface area contributed by atoms with Gasteiger partial charge in [0.1, 0.15) is 5.82 Å². The second kappa shape index (κ2) is 13.9. The van der Waals surface area contributed by atoms with E-state index in [1.54, 1.807) is 30.3 Å². The number of carbonyl (C=O) groups is 2. The maximum absolute atomic E-state index is 14.4. The summed E-state index contributed by atoms with van der Waals surface area (Å²) in [7, 11) is -4.11. The van der Waals surface area contributed by atoms with E-state index in [0.717, 1.165) is 50.7 Å². The van der Waals surface area contributed by atoms with Gasteiger partial charge in [0.25, 0.3) is 11.8 Å². The molecule has 2 amide bonds. The fraction of sp³-hybridized carbons (Fsp3) is 0.257. The van der Waals surface area contributed by atoms with Crippen LogP contribution in [0.4, 0.5) is 10.1 Å². The number of carbonyl (C=O) groups excluding carboxylic acids is 2. The minimum absolute atomic E-state index is 0.00133. The summed E-state index contributed by atoms with van der Waals surface area (Å²) < 4.78 is 41.8. The summed E-state index contributed by atoms with van der Waals surface area (Å²) >= 11 is 0. The molecule has 0 bridgehead atoms. The van der Waals surface area contributed by atoms with Crippen molar-refractivity contribution in [3.8, 4) is 0 Å². The molecule has 2 aliphatic rings. The summed E-state index contributed by atoms with van der Waals surface area (Å²) in [4.78, 5) is 31.5. The predicted molar refractivity (Wildman–Crippen MR) is 173 cm³/mol. The Bertz CT molecular complexity index is 1830. The molecule has 4 aromatic carbocycles. The molecule has 0 saturated carbocycles. The van der Waals surface area contributed by atoms with Gasteiger partial charge >= 0.3 is 0 Å². The fourth-order valence-electron chi connectivity index (χ4n) is 5.87. The molecule has 11 heteroatoms. The van der Waals surface area contributed by atoms with E-state index in [1.807, 2.05) is 6.07 Å². The molecule has 0 aromatic heterocycles. The summed E-state index contributed by atoms with van der Waals surface area (Å²) in [5.41, 5.74) is 4.71. The first-order valence-electron chi connectivity index (χ1n) is 15.4. The Morgan fingerprint density at radius 1 is 0.804 bits per heavy atom. The van der Waals surface area contributed by atoms with E-state index in [4.69, 9.17) is 0 Å². The zero-order chi connectivity index (χ0) is 32.1. The van der Waals surface area contributed by atoms with E-state index in [-0.39, 0.29) is 39.1 Å². The standard InChI is InChI=1S/C35H36FN5O4S/c36-30-13-6-4-11-28(30)24-38-41-31-23-27(15-16-33(31)46(44,45)32-14-7-5-12-29(32)35(41)43)34(42)37-17-8-18-39-19-21-40(22-20-39)25-26-9-2-1-3-10-26/h1-7,9-16,23,38H,8,17-22,24-25H2,(H,37,42). The maximum atomic E-state index is 14.4. The lowest BCUT2D eigenvalue weighted by Crippen LogP contribution is -2.46. The van der Waals surface area contributed by atoms with E-state index < -0.39 is 21.6 Å². The van der Waals surface area contributed by atoms with Gasteiger partial charge in [-0.15, -0.1) is 0 Å². The fourth-order valence-corrected chi connectivity index (χ4v) is 7.48. The number of rotatable bonds is 10. The minimum Gasteiger partial charge on any atom is -0.352 e. The Hall–Kier alpha value is -4.42. The van der Waals surface area contributed by atoms with Crippen LogP contribution < -0.4 is 15.8 Å². The number of anilines is 1. The smallest absolute Gasteiger partial charge is 0.274 e. The van der Waals surface area contributed by atoms with E-state index in [9.17, 15) is 22.4 Å². The second-order valence-corrected chi connectivity index (χ2v) is 13.3. The molecular weight excluding hydrogens is 605 g/mol. The molecule has 0 spiro atoms. The SMILES string of the molecule is O=C(NCCCN1CCN(Cc2ccccc2)CC1)c1ccc2c(c1)N(NCc1ccccc1F)C(=O)c1ccccc1S2(=O)=O. The number of benzene rings is 4. The maximum Gasteiger partial charge on any atom is 0.274 e. The van der Waals surface area contributed by atoms with Gasteiger partial charge in [0, 0.05) is 56.9 Å². The van der Waals surface area contributed by atoms with Crippen molar-refractivity contribution in [2.24, 2.45) is 0 Å². The van der Waals surface area contributed by atoms with Gasteiger partial charge in [0.05, 0.1) is 21.0 Å². The van der Waals surface area contributed by atoms with Crippen LogP contribution in [0.3, 0.4) is 0 Å². The Morgan fingerprint density at radius 3 is 2.28 bits per heavy atom. The van der Waals surface area contributed by atoms with E-state index in [2.05, 4.69) is 44.8 Å². The van der Waals surface area contributed by atoms with Crippen molar-refractivity contribution >= 4 is 27.3 Å². The zero-order valence-corrected chi connectivity index (χ0v) is 26.2. The average Bonchev–Trinajstić information content (AvgIpc) is 3.14. The van der Waals surface area contributed by atoms with Crippen LogP contribution in [0.2, 0.25) is 0 Å². The molecular formula is C35H36FN5O4S. The molecule has 1 fully saturated rings. The van der Waals surface area contributed by atoms with Gasteiger partial charge in [-0.3, -0.25) is 14.5 Å². The average molecular weight is 642 g/mol. The Kier molecular flexibility index (Phi) is 9.55. The van der Waals surface area contributed by atoms with Gasteiger partial charge in [-0.05, 0) is 54.9 Å². The van der Waals surface area contributed by atoms with Gasteiger partial charge in [-0.2, -0.15) is 0 Å². The lowest BCUT2D eigenvalue weighted by Gasteiger charge is -2.34. The molecule has 1 saturated heterocycles. The predicted octanol–water partition coefficient (Wildman–Crippen LogP) is 4.26. The molecule has 2 N–H and O–H groups in total. The molecule has 9 nitrogen and oxygen atoms in total. The number of fused-ring (bicyclic) bond motifs is 2. The molecule has 46 heavy (non-hydrogen) atoms. The zero-order valence-electron chi connectivity index (χ0n) is 25.4. The largest absolute Gasteiger partial charge is 0.352 e. The number of halogens is 1. The monoisotopic (exact) mass is 641 g/mol. The molecule has 238 valence electrons. The number of nitrogens with zero attached hydrogens (tertiary/aromatic N) is 3. The first kappa shape index (κ1) is 31.6. The van der Waals surface area contributed by atoms with Crippen LogP contribution in [0.25, 0.3) is 0 Å². The Morgan fingerprint density at radius 2 is 1.50 bits per heavy atom. The number of hydrogen-bond acceptors (Lipinski definition) is 7. The highest BCUT2D eigenvalue weighted by atomic mass is 32.2. The molecule has 0 unspecified atom stereocenters. The highest BCUT2D eigenvalue weighted by Crippen LogP contribution is 2.36. The van der Waals surface area contributed by atoms with Gasteiger partial charge in [-0.25, -0.2) is 23.2 Å². The molecule has 0 atom stereocenters. The van der Waals surface area contributed by atoms with Crippen LogP contribution in [0.5, 0.6) is 0 Å². The first-order chi connectivity index (χ1) is 22.3. The third kappa shape index (κ3) is 6.87. The van der Waals surface area contributed by atoms with E-state index >= 15 is 0 Å². The third-order valence-corrected chi connectivity index (χ3v) is 10.3. The Balaban J connectivity index is 1.12. The number of nitrogens with one attached hydrogen (secondary N) is 2. The van der Waals surface area contributed by atoms with Crippen LogP contribution in [-0.2, 0) is 22.9 Å². The lowest BCUT2D eigenvalue weighted by atomic mass is 10.1. The molecule has 4 aromatic rings. The van der Waals surface area contributed by atoms with Crippen LogP contribution in [0.1, 0.15) is 38.3 Å². The highest BCUT2D eigenvalue weighted by molar-refractivity contribution is 7.91. The number of amides is 2. The normalized spacial score (nSPS) is 16.4. The van der Waals surface area contributed by atoms with Gasteiger partial charge < -0.3 is 10.2 Å². The highest BCUT2D eigenvalue weighted by Gasteiger charge is 2.36. The summed E-state index contributed by atoms with van der Waals surface area (Å²) in [5, 5.41) is 4.03. The molecule has 2 heterocycles. The van der Waals surface area contributed by atoms with E-state index in [0.29, 0.717) is 12.1 Å². The number of sulfone groups is 1. The lowest BCUT2D eigenvalue weighted by molar-refractivity contribution is 0.0942. The van der Waals surface area contributed by atoms with Crippen LogP contribution >= 0.6 is 0 Å². The Labute approximate surface area is 268 Å². The van der Waals surface area contributed by atoms with Gasteiger partial charge in [-0.1, -0.05) is 60.7 Å². The molecule has 0 aliphatic carbocycles. The van der Waals surface area contributed by atoms with Crippen molar-refractivity contribution in [2.75, 3.05) is 44.3 Å². The van der Waals surface area contributed by atoms with Crippen LogP contribution in [-0.4, -0.2) is 69.3 Å². The van der Waals surface area contributed by atoms with E-state index in [1.165, 1.54) is 42.0 Å². The van der Waals surface area contributed by atoms with Crippen molar-refractivity contribution < 1.29 is 22.4 Å². The van der Waals surface area contributed by atoms with Crippen molar-refractivity contribution in [1.82, 2.24) is 20.5 Å². The molecule has 6 rings (SSSR count). The minimum atomic E-state index is -4.11. The van der Waals surface area contributed by atoms with Gasteiger partial charge in [0.15, 0.2) is 0 Å².